The number of nitrogens with zero attached hydrogens (tertiary/aromatic N) is 2. The van der Waals surface area contributed by atoms with Gasteiger partial charge in [-0.15, -0.1) is 11.3 Å². The van der Waals surface area contributed by atoms with E-state index >= 15 is 0 Å². The highest BCUT2D eigenvalue weighted by Crippen LogP contribution is 2.25. The molecule has 1 heterocycles. The number of hydrogen-bond donors (Lipinski definition) is 1. The van der Waals surface area contributed by atoms with Crippen molar-refractivity contribution in [3.8, 4) is 0 Å². The Hall–Kier alpha value is -0.750. The van der Waals surface area contributed by atoms with Crippen molar-refractivity contribution in [3.05, 3.63) is 10.6 Å². The summed E-state index contributed by atoms with van der Waals surface area (Å²) in [6.45, 7) is 2.35. The molecular weight excluding hydrogens is 220 g/mol. The lowest BCUT2D eigenvalue weighted by molar-refractivity contribution is 0.156. The zero-order valence-corrected chi connectivity index (χ0v) is 9.87. The number of thiazole rings is 1. The molecule has 0 spiro atoms. The maximum absolute atomic E-state index is 12.1. The Bertz CT molecular complexity index is 314. The van der Waals surface area contributed by atoms with Crippen molar-refractivity contribution >= 4 is 16.5 Å². The van der Waals surface area contributed by atoms with Gasteiger partial charge in [0.05, 0.1) is 12.2 Å². The number of aromatic nitrogens is 1. The molecule has 1 rings (SSSR count). The first-order valence-corrected chi connectivity index (χ1v) is 5.46. The first-order chi connectivity index (χ1) is 7.04. The van der Waals surface area contributed by atoms with Crippen molar-refractivity contribution < 1.29 is 8.78 Å². The van der Waals surface area contributed by atoms with Crippen molar-refractivity contribution in [1.82, 2.24) is 10.3 Å². The van der Waals surface area contributed by atoms with Gasteiger partial charge in [0, 0.05) is 18.5 Å². The number of nitrogens with one attached hydrogen (secondary N) is 1. The second kappa shape index (κ2) is 5.37. The molecule has 3 nitrogen and oxygen atoms in total. The average Bonchev–Trinajstić information content (AvgIpc) is 2.47. The Kier molecular flexibility index (Phi) is 4.41. The van der Waals surface area contributed by atoms with Gasteiger partial charge in [-0.25, -0.2) is 13.8 Å². The van der Waals surface area contributed by atoms with Crippen LogP contribution >= 0.6 is 11.3 Å². The molecule has 0 saturated heterocycles. The van der Waals surface area contributed by atoms with Gasteiger partial charge in [-0.2, -0.15) is 0 Å². The minimum Gasteiger partial charge on any atom is -0.345 e. The molecule has 0 atom stereocenters. The predicted octanol–water partition coefficient (Wildman–Crippen LogP) is 1.87. The van der Waals surface area contributed by atoms with E-state index in [2.05, 4.69) is 10.3 Å². The fourth-order valence-electron chi connectivity index (χ4n) is 1.19. The average molecular weight is 235 g/mol. The van der Waals surface area contributed by atoms with Crippen LogP contribution in [0.15, 0.2) is 0 Å². The molecule has 0 amide bonds. The molecule has 86 valence electrons. The normalized spacial score (nSPS) is 11.1. The highest BCUT2D eigenvalue weighted by Gasteiger charge is 2.13. The summed E-state index contributed by atoms with van der Waals surface area (Å²) in [5.41, 5.74) is 0.908. The van der Waals surface area contributed by atoms with E-state index in [9.17, 15) is 8.78 Å². The van der Waals surface area contributed by atoms with Crippen molar-refractivity contribution in [2.45, 2.75) is 19.9 Å². The Morgan fingerprint density at radius 1 is 1.53 bits per heavy atom. The number of hydrogen-bond acceptors (Lipinski definition) is 4. The lowest BCUT2D eigenvalue weighted by Crippen LogP contribution is -2.23. The fourth-order valence-corrected chi connectivity index (χ4v) is 2.23. The van der Waals surface area contributed by atoms with E-state index < -0.39 is 6.43 Å². The van der Waals surface area contributed by atoms with E-state index in [0.717, 1.165) is 17.1 Å². The Morgan fingerprint density at radius 3 is 2.73 bits per heavy atom. The van der Waals surface area contributed by atoms with Crippen molar-refractivity contribution in [1.29, 1.82) is 0 Å². The van der Waals surface area contributed by atoms with Gasteiger partial charge >= 0.3 is 0 Å². The number of aryl methyl sites for hydroxylation is 1. The van der Waals surface area contributed by atoms with Gasteiger partial charge in [-0.1, -0.05) is 0 Å². The number of rotatable bonds is 5. The maximum Gasteiger partial charge on any atom is 0.255 e. The fraction of sp³-hybridized carbons (Fsp3) is 0.667. The van der Waals surface area contributed by atoms with Gasteiger partial charge < -0.3 is 10.2 Å². The van der Waals surface area contributed by atoms with Crippen LogP contribution in [-0.2, 0) is 6.54 Å². The van der Waals surface area contributed by atoms with Crippen LogP contribution in [0.1, 0.15) is 10.6 Å². The van der Waals surface area contributed by atoms with Crippen LogP contribution < -0.4 is 10.2 Å². The van der Waals surface area contributed by atoms with Gasteiger partial charge in [0.15, 0.2) is 5.13 Å². The smallest absolute Gasteiger partial charge is 0.255 e. The molecular formula is C9H15F2N3S. The quantitative estimate of drug-likeness (QED) is 0.844. The molecule has 0 saturated carbocycles. The molecule has 0 bridgehead atoms. The van der Waals surface area contributed by atoms with Gasteiger partial charge in [-0.05, 0) is 14.0 Å². The Balaban J connectivity index is 2.73. The Morgan fingerprint density at radius 2 is 2.20 bits per heavy atom. The summed E-state index contributed by atoms with van der Waals surface area (Å²) in [5, 5.41) is 3.67. The molecule has 0 radical (unpaired) electrons. The van der Waals surface area contributed by atoms with E-state index in [1.165, 1.54) is 16.2 Å². The van der Waals surface area contributed by atoms with E-state index in [1.54, 1.807) is 7.05 Å². The van der Waals surface area contributed by atoms with Crippen LogP contribution in [0.4, 0.5) is 13.9 Å². The zero-order valence-electron chi connectivity index (χ0n) is 9.05. The van der Waals surface area contributed by atoms with E-state index in [1.807, 2.05) is 14.0 Å². The molecule has 1 aromatic rings. The third-order valence-corrected chi connectivity index (χ3v) is 3.23. The molecule has 6 heteroatoms. The minimum atomic E-state index is -2.33. The van der Waals surface area contributed by atoms with Crippen molar-refractivity contribution in [2.24, 2.45) is 0 Å². The monoisotopic (exact) mass is 235 g/mol. The highest BCUT2D eigenvalue weighted by atomic mass is 32.1. The predicted molar refractivity (Wildman–Crippen MR) is 58.9 cm³/mol. The topological polar surface area (TPSA) is 28.2 Å². The van der Waals surface area contributed by atoms with Crippen LogP contribution in [0.25, 0.3) is 0 Å². The van der Waals surface area contributed by atoms with Crippen molar-refractivity contribution in [2.75, 3.05) is 25.5 Å². The van der Waals surface area contributed by atoms with Gasteiger partial charge in [0.25, 0.3) is 6.43 Å². The van der Waals surface area contributed by atoms with Crippen molar-refractivity contribution in [3.63, 3.8) is 0 Å². The summed E-state index contributed by atoms with van der Waals surface area (Å²) >= 11 is 1.45. The van der Waals surface area contributed by atoms with E-state index in [0.29, 0.717) is 5.13 Å². The third kappa shape index (κ3) is 3.39. The molecule has 1 N–H and O–H groups in total. The standard InChI is InChI=1S/C9H15F2N3S/c1-6-7(4-12-2)15-9(13-6)14(3)5-8(10)11/h8,12H,4-5H2,1-3H3. The van der Waals surface area contributed by atoms with Crippen LogP contribution in [-0.4, -0.2) is 32.0 Å². The zero-order chi connectivity index (χ0) is 11.4. The van der Waals surface area contributed by atoms with Gasteiger partial charge in [-0.3, -0.25) is 0 Å². The van der Waals surface area contributed by atoms with Crippen LogP contribution in [0, 0.1) is 6.92 Å². The molecule has 15 heavy (non-hydrogen) atoms. The molecule has 0 fully saturated rings. The maximum atomic E-state index is 12.1. The molecule has 0 aromatic carbocycles. The highest BCUT2D eigenvalue weighted by molar-refractivity contribution is 7.15. The largest absolute Gasteiger partial charge is 0.345 e. The molecule has 1 aromatic heterocycles. The molecule has 0 aliphatic rings. The molecule has 0 aliphatic heterocycles. The summed E-state index contributed by atoms with van der Waals surface area (Å²) in [7, 11) is 3.48. The lowest BCUT2D eigenvalue weighted by Gasteiger charge is -2.14. The Labute approximate surface area is 92.1 Å². The summed E-state index contributed by atoms with van der Waals surface area (Å²) < 4.78 is 24.3. The molecule has 0 unspecified atom stereocenters. The van der Waals surface area contributed by atoms with E-state index in [4.69, 9.17) is 0 Å². The lowest BCUT2D eigenvalue weighted by atomic mass is 10.4. The van der Waals surface area contributed by atoms with Gasteiger partial charge in [0.2, 0.25) is 0 Å². The van der Waals surface area contributed by atoms with E-state index in [-0.39, 0.29) is 6.54 Å². The second-order valence-corrected chi connectivity index (χ2v) is 4.37. The second-order valence-electron chi connectivity index (χ2n) is 3.31. The first kappa shape index (κ1) is 12.3. The SMILES string of the molecule is CNCc1sc(N(C)CC(F)F)nc1C. The third-order valence-electron chi connectivity index (χ3n) is 1.96. The summed E-state index contributed by atoms with van der Waals surface area (Å²) in [4.78, 5) is 6.83. The number of alkyl halides is 2. The minimum absolute atomic E-state index is 0.272. The van der Waals surface area contributed by atoms with Crippen LogP contribution in [0.3, 0.4) is 0 Å². The first-order valence-electron chi connectivity index (χ1n) is 4.64. The van der Waals surface area contributed by atoms with Crippen LogP contribution in [0.5, 0.6) is 0 Å². The summed E-state index contributed by atoms with van der Waals surface area (Å²) in [6, 6.07) is 0. The van der Waals surface area contributed by atoms with Crippen LogP contribution in [0.2, 0.25) is 0 Å². The van der Waals surface area contributed by atoms with Gasteiger partial charge in [0.1, 0.15) is 0 Å². The number of halogens is 2. The molecule has 0 aliphatic carbocycles. The number of anilines is 1. The summed E-state index contributed by atoms with van der Waals surface area (Å²) in [5.74, 6) is 0. The summed E-state index contributed by atoms with van der Waals surface area (Å²) in [6.07, 6.45) is -2.33.